The van der Waals surface area contributed by atoms with Crippen LogP contribution in [0.15, 0.2) is 47.1 Å². The number of aryl methyl sites for hydroxylation is 1. The highest BCUT2D eigenvalue weighted by molar-refractivity contribution is 9.10. The van der Waals surface area contributed by atoms with Crippen LogP contribution in [0.25, 0.3) is 0 Å². The number of aromatic nitrogens is 1. The number of hydrogen-bond donors (Lipinski definition) is 0. The smallest absolute Gasteiger partial charge is 0.254 e. The van der Waals surface area contributed by atoms with E-state index in [4.69, 9.17) is 4.74 Å². The predicted octanol–water partition coefficient (Wildman–Crippen LogP) is 3.46. The van der Waals surface area contributed by atoms with Crippen molar-refractivity contribution in [3.05, 3.63) is 58.3 Å². The van der Waals surface area contributed by atoms with E-state index in [9.17, 15) is 9.59 Å². The number of ether oxygens (including phenoxy) is 1. The first-order valence-electron chi connectivity index (χ1n) is 9.93. The van der Waals surface area contributed by atoms with Crippen LogP contribution in [-0.4, -0.2) is 59.0 Å². The summed E-state index contributed by atoms with van der Waals surface area (Å²) in [6.45, 7) is 1.68. The second-order valence-electron chi connectivity index (χ2n) is 7.45. The number of hydrogen-bond acceptors (Lipinski definition) is 3. The average Bonchev–Trinajstić information content (AvgIpc) is 3.46. The van der Waals surface area contributed by atoms with E-state index in [2.05, 4.69) is 15.9 Å². The van der Waals surface area contributed by atoms with Gasteiger partial charge in [-0.1, -0.05) is 22.0 Å². The lowest BCUT2D eigenvalue weighted by molar-refractivity contribution is -0.133. The summed E-state index contributed by atoms with van der Waals surface area (Å²) in [5, 5.41) is 0. The molecule has 0 radical (unpaired) electrons. The van der Waals surface area contributed by atoms with Crippen LogP contribution in [0.3, 0.4) is 0 Å². The SMILES string of the molecule is COCCCN(CC(=O)N(Cc1cccn1C)C1CC1)C(=O)c1cccc(Br)c1. The lowest BCUT2D eigenvalue weighted by Gasteiger charge is -2.28. The number of amides is 2. The van der Waals surface area contributed by atoms with Crippen molar-refractivity contribution in [2.45, 2.75) is 31.8 Å². The molecule has 6 nitrogen and oxygen atoms in total. The topological polar surface area (TPSA) is 54.8 Å². The summed E-state index contributed by atoms with van der Waals surface area (Å²) >= 11 is 3.42. The van der Waals surface area contributed by atoms with Crippen molar-refractivity contribution < 1.29 is 14.3 Å². The second-order valence-corrected chi connectivity index (χ2v) is 8.36. The molecule has 1 aliphatic rings. The third-order valence-corrected chi connectivity index (χ3v) is 5.65. The van der Waals surface area contributed by atoms with Crippen LogP contribution in [0, 0.1) is 0 Å². The van der Waals surface area contributed by atoms with Crippen molar-refractivity contribution in [3.8, 4) is 0 Å². The van der Waals surface area contributed by atoms with Gasteiger partial charge in [-0.05, 0) is 49.6 Å². The fraction of sp³-hybridized carbons (Fsp3) is 0.455. The fourth-order valence-corrected chi connectivity index (χ4v) is 3.75. The predicted molar refractivity (Wildman–Crippen MR) is 116 cm³/mol. The molecule has 0 atom stereocenters. The third kappa shape index (κ3) is 5.93. The molecule has 3 rings (SSSR count). The Morgan fingerprint density at radius 1 is 1.24 bits per heavy atom. The fourth-order valence-electron chi connectivity index (χ4n) is 3.35. The summed E-state index contributed by atoms with van der Waals surface area (Å²) in [5.41, 5.74) is 1.67. The van der Waals surface area contributed by atoms with Gasteiger partial charge in [0.2, 0.25) is 5.91 Å². The summed E-state index contributed by atoms with van der Waals surface area (Å²) in [6, 6.07) is 11.6. The van der Waals surface area contributed by atoms with Gasteiger partial charge in [0.05, 0.1) is 6.54 Å². The third-order valence-electron chi connectivity index (χ3n) is 5.15. The first kappa shape index (κ1) is 21.6. The summed E-state index contributed by atoms with van der Waals surface area (Å²) in [7, 11) is 3.62. The molecule has 29 heavy (non-hydrogen) atoms. The van der Waals surface area contributed by atoms with Crippen molar-refractivity contribution in [1.82, 2.24) is 14.4 Å². The Labute approximate surface area is 180 Å². The number of methoxy groups -OCH3 is 1. The molecule has 156 valence electrons. The Morgan fingerprint density at radius 3 is 2.66 bits per heavy atom. The molecule has 1 aromatic heterocycles. The maximum atomic E-state index is 13.2. The minimum atomic E-state index is -0.134. The van der Waals surface area contributed by atoms with Crippen LogP contribution in [0.5, 0.6) is 0 Å². The molecule has 0 saturated heterocycles. The quantitative estimate of drug-likeness (QED) is 0.509. The van der Waals surface area contributed by atoms with Crippen LogP contribution in [0.2, 0.25) is 0 Å². The molecule has 1 aromatic carbocycles. The molecular weight excluding hydrogens is 434 g/mol. The minimum Gasteiger partial charge on any atom is -0.385 e. The van der Waals surface area contributed by atoms with Crippen LogP contribution in [-0.2, 0) is 23.1 Å². The lowest BCUT2D eigenvalue weighted by Crippen LogP contribution is -2.44. The number of nitrogens with zero attached hydrogens (tertiary/aromatic N) is 3. The highest BCUT2D eigenvalue weighted by Gasteiger charge is 2.34. The van der Waals surface area contributed by atoms with Gasteiger partial charge < -0.3 is 19.1 Å². The molecule has 2 amide bonds. The normalized spacial score (nSPS) is 13.3. The molecule has 0 unspecified atom stereocenters. The zero-order chi connectivity index (χ0) is 20.8. The largest absolute Gasteiger partial charge is 0.385 e. The summed E-state index contributed by atoms with van der Waals surface area (Å²) < 4.78 is 8.01. The Kier molecular flexibility index (Phi) is 7.50. The monoisotopic (exact) mass is 461 g/mol. The zero-order valence-electron chi connectivity index (χ0n) is 17.0. The van der Waals surface area contributed by atoms with E-state index in [0.29, 0.717) is 31.7 Å². The average molecular weight is 462 g/mol. The molecule has 7 heteroatoms. The van der Waals surface area contributed by atoms with E-state index in [1.807, 2.05) is 47.0 Å². The number of carbonyl (C=O) groups is 2. The van der Waals surface area contributed by atoms with Crippen molar-refractivity contribution >= 4 is 27.7 Å². The Bertz CT molecular complexity index is 847. The van der Waals surface area contributed by atoms with Crippen LogP contribution >= 0.6 is 15.9 Å². The number of benzene rings is 1. The zero-order valence-corrected chi connectivity index (χ0v) is 18.6. The molecule has 1 saturated carbocycles. The van der Waals surface area contributed by atoms with E-state index in [-0.39, 0.29) is 24.4 Å². The molecule has 1 aliphatic carbocycles. The second kappa shape index (κ2) is 10.1. The van der Waals surface area contributed by atoms with Gasteiger partial charge in [-0.15, -0.1) is 0 Å². The Morgan fingerprint density at radius 2 is 2.03 bits per heavy atom. The van der Waals surface area contributed by atoms with Gasteiger partial charge >= 0.3 is 0 Å². The Hall–Kier alpha value is -2.12. The molecule has 0 aliphatic heterocycles. The Balaban J connectivity index is 1.73. The maximum Gasteiger partial charge on any atom is 0.254 e. The molecule has 0 spiro atoms. The van der Waals surface area contributed by atoms with Gasteiger partial charge in [-0.3, -0.25) is 9.59 Å². The highest BCUT2D eigenvalue weighted by Crippen LogP contribution is 2.28. The number of carbonyl (C=O) groups excluding carboxylic acids is 2. The minimum absolute atomic E-state index is 0.00513. The standard InChI is InChI=1S/C22H28BrN3O3/c1-24-11-4-8-20(24)15-26(19-9-10-19)21(27)16-25(12-5-13-29-2)22(28)17-6-3-7-18(23)14-17/h3-4,6-8,11,14,19H,5,9-10,12-13,15-16H2,1-2H3. The summed E-state index contributed by atoms with van der Waals surface area (Å²) in [4.78, 5) is 29.9. The van der Waals surface area contributed by atoms with Crippen LogP contribution in [0.1, 0.15) is 35.3 Å². The van der Waals surface area contributed by atoms with E-state index < -0.39 is 0 Å². The van der Waals surface area contributed by atoms with Gasteiger partial charge in [0.25, 0.3) is 5.91 Å². The summed E-state index contributed by atoms with van der Waals surface area (Å²) in [6.07, 6.45) is 4.72. The molecule has 0 N–H and O–H groups in total. The molecule has 0 bridgehead atoms. The van der Waals surface area contributed by atoms with Gasteiger partial charge in [0.1, 0.15) is 6.54 Å². The van der Waals surface area contributed by atoms with Crippen molar-refractivity contribution in [2.24, 2.45) is 7.05 Å². The van der Waals surface area contributed by atoms with Crippen molar-refractivity contribution in [2.75, 3.05) is 26.8 Å². The first-order valence-corrected chi connectivity index (χ1v) is 10.7. The van der Waals surface area contributed by atoms with E-state index >= 15 is 0 Å². The molecule has 1 fully saturated rings. The highest BCUT2D eigenvalue weighted by atomic mass is 79.9. The van der Waals surface area contributed by atoms with E-state index in [1.165, 1.54) is 0 Å². The van der Waals surface area contributed by atoms with Gasteiger partial charge in [0, 0.05) is 55.3 Å². The lowest BCUT2D eigenvalue weighted by atomic mass is 10.2. The molecule has 2 aromatic rings. The first-order chi connectivity index (χ1) is 14.0. The van der Waals surface area contributed by atoms with Crippen LogP contribution < -0.4 is 0 Å². The van der Waals surface area contributed by atoms with Gasteiger partial charge in [-0.25, -0.2) is 0 Å². The molecule has 1 heterocycles. The van der Waals surface area contributed by atoms with Gasteiger partial charge in [0.15, 0.2) is 0 Å². The van der Waals surface area contributed by atoms with E-state index in [1.54, 1.807) is 24.1 Å². The van der Waals surface area contributed by atoms with Crippen LogP contribution in [0.4, 0.5) is 0 Å². The number of rotatable bonds is 10. The van der Waals surface area contributed by atoms with Crippen molar-refractivity contribution in [3.63, 3.8) is 0 Å². The van der Waals surface area contributed by atoms with Gasteiger partial charge in [-0.2, -0.15) is 0 Å². The summed E-state index contributed by atoms with van der Waals surface area (Å²) in [5.74, 6) is -0.139. The number of halogens is 1. The van der Waals surface area contributed by atoms with E-state index in [0.717, 1.165) is 23.0 Å². The molecular formula is C22H28BrN3O3. The van der Waals surface area contributed by atoms with Crippen molar-refractivity contribution in [1.29, 1.82) is 0 Å². The maximum absolute atomic E-state index is 13.2.